The number of esters is 1. The van der Waals surface area contributed by atoms with E-state index in [4.69, 9.17) is 13.9 Å². The molecule has 3 rings (SSSR count). The largest absolute Gasteiger partial charge is 0.460 e. The maximum absolute atomic E-state index is 12.7. The SMILES string of the molecule is O=C(CNC(=O)c1ccco1)OCc1cccc(S(=O)(=O)N2CCOCC2)c1. The second-order valence-corrected chi connectivity index (χ2v) is 7.92. The van der Waals surface area contributed by atoms with Crippen molar-refractivity contribution in [1.82, 2.24) is 9.62 Å². The number of sulfonamides is 1. The van der Waals surface area contributed by atoms with Gasteiger partial charge in [-0.05, 0) is 29.8 Å². The molecule has 1 aliphatic rings. The summed E-state index contributed by atoms with van der Waals surface area (Å²) < 4.78 is 41.9. The Labute approximate surface area is 162 Å². The maximum atomic E-state index is 12.7. The fourth-order valence-corrected chi connectivity index (χ4v) is 4.07. The fourth-order valence-electron chi connectivity index (χ4n) is 2.59. The molecule has 28 heavy (non-hydrogen) atoms. The monoisotopic (exact) mass is 408 g/mol. The van der Waals surface area contributed by atoms with Gasteiger partial charge in [0, 0.05) is 13.1 Å². The topological polar surface area (TPSA) is 115 Å². The molecule has 0 unspecified atom stereocenters. The quantitative estimate of drug-likeness (QED) is 0.673. The highest BCUT2D eigenvalue weighted by atomic mass is 32.2. The molecule has 1 N–H and O–H groups in total. The predicted octanol–water partition coefficient (Wildman–Crippen LogP) is 0.774. The van der Waals surface area contributed by atoms with Gasteiger partial charge in [-0.3, -0.25) is 9.59 Å². The lowest BCUT2D eigenvalue weighted by atomic mass is 10.2. The summed E-state index contributed by atoms with van der Waals surface area (Å²) in [6.07, 6.45) is 1.35. The van der Waals surface area contributed by atoms with Gasteiger partial charge in [0.1, 0.15) is 13.2 Å². The molecule has 1 aromatic heterocycles. The molecular formula is C18H20N2O7S. The minimum atomic E-state index is -3.62. The summed E-state index contributed by atoms with van der Waals surface area (Å²) >= 11 is 0. The van der Waals surface area contributed by atoms with Crippen LogP contribution in [0.15, 0.2) is 52.0 Å². The molecule has 0 atom stereocenters. The number of hydrogen-bond acceptors (Lipinski definition) is 7. The molecule has 1 aliphatic heterocycles. The van der Waals surface area contributed by atoms with Crippen LogP contribution >= 0.6 is 0 Å². The number of nitrogens with one attached hydrogen (secondary N) is 1. The van der Waals surface area contributed by atoms with Crippen LogP contribution in [0.25, 0.3) is 0 Å². The van der Waals surface area contributed by atoms with Crippen molar-refractivity contribution in [2.45, 2.75) is 11.5 Å². The van der Waals surface area contributed by atoms with Crippen LogP contribution in [-0.2, 0) is 30.9 Å². The number of nitrogens with zero attached hydrogens (tertiary/aromatic N) is 1. The molecule has 10 heteroatoms. The van der Waals surface area contributed by atoms with E-state index in [2.05, 4.69) is 5.32 Å². The van der Waals surface area contributed by atoms with Gasteiger partial charge >= 0.3 is 5.97 Å². The van der Waals surface area contributed by atoms with Gasteiger partial charge in [-0.1, -0.05) is 12.1 Å². The first-order valence-electron chi connectivity index (χ1n) is 8.61. The van der Waals surface area contributed by atoms with Crippen LogP contribution in [0.3, 0.4) is 0 Å². The molecule has 1 saturated heterocycles. The highest BCUT2D eigenvalue weighted by Crippen LogP contribution is 2.18. The third-order valence-electron chi connectivity index (χ3n) is 4.04. The zero-order chi connectivity index (χ0) is 20.0. The normalized spacial score (nSPS) is 15.1. The van der Waals surface area contributed by atoms with Crippen LogP contribution in [-0.4, -0.2) is 57.4 Å². The van der Waals surface area contributed by atoms with Crippen molar-refractivity contribution >= 4 is 21.9 Å². The lowest BCUT2D eigenvalue weighted by Crippen LogP contribution is -2.40. The molecule has 9 nitrogen and oxygen atoms in total. The van der Waals surface area contributed by atoms with E-state index in [-0.39, 0.29) is 23.8 Å². The highest BCUT2D eigenvalue weighted by molar-refractivity contribution is 7.89. The molecule has 1 aromatic carbocycles. The number of amides is 1. The Morgan fingerprint density at radius 3 is 2.64 bits per heavy atom. The second-order valence-electron chi connectivity index (χ2n) is 5.98. The van der Waals surface area contributed by atoms with Crippen LogP contribution in [0, 0.1) is 0 Å². The molecule has 2 heterocycles. The molecule has 1 fully saturated rings. The second kappa shape index (κ2) is 9.00. The molecule has 0 bridgehead atoms. The number of furan rings is 1. The Morgan fingerprint density at radius 2 is 1.93 bits per heavy atom. The Kier molecular flexibility index (Phi) is 6.45. The first-order chi connectivity index (χ1) is 13.5. The lowest BCUT2D eigenvalue weighted by Gasteiger charge is -2.26. The van der Waals surface area contributed by atoms with Crippen LogP contribution in [0.5, 0.6) is 0 Å². The van der Waals surface area contributed by atoms with E-state index >= 15 is 0 Å². The number of benzene rings is 1. The van der Waals surface area contributed by atoms with Crippen LogP contribution in [0.4, 0.5) is 0 Å². The first kappa shape index (κ1) is 20.1. The smallest absolute Gasteiger partial charge is 0.325 e. The number of hydrogen-bond donors (Lipinski definition) is 1. The van der Waals surface area contributed by atoms with Gasteiger partial charge < -0.3 is 19.2 Å². The van der Waals surface area contributed by atoms with Gasteiger partial charge in [0.15, 0.2) is 5.76 Å². The molecule has 0 spiro atoms. The Balaban J connectivity index is 1.54. The predicted molar refractivity (Wildman–Crippen MR) is 96.9 cm³/mol. The Bertz CT molecular complexity index is 919. The summed E-state index contributed by atoms with van der Waals surface area (Å²) in [5.41, 5.74) is 0.528. The van der Waals surface area contributed by atoms with Crippen molar-refractivity contribution in [3.63, 3.8) is 0 Å². The molecule has 0 radical (unpaired) electrons. The van der Waals surface area contributed by atoms with Crippen molar-refractivity contribution in [2.24, 2.45) is 0 Å². The summed E-state index contributed by atoms with van der Waals surface area (Å²) in [6, 6.07) is 9.26. The third-order valence-corrected chi connectivity index (χ3v) is 5.94. The van der Waals surface area contributed by atoms with E-state index in [1.807, 2.05) is 0 Å². The summed E-state index contributed by atoms with van der Waals surface area (Å²) in [4.78, 5) is 23.6. The van der Waals surface area contributed by atoms with E-state index in [0.29, 0.717) is 31.9 Å². The Hall–Kier alpha value is -2.69. The fraction of sp³-hybridized carbons (Fsp3) is 0.333. The zero-order valence-electron chi connectivity index (χ0n) is 15.0. The number of carbonyl (C=O) groups excluding carboxylic acids is 2. The molecule has 150 valence electrons. The van der Waals surface area contributed by atoms with Gasteiger partial charge in [0.05, 0.1) is 24.4 Å². The molecule has 0 aliphatic carbocycles. The standard InChI is InChI=1S/C18H20N2O7S/c21-17(12-19-18(22)16-5-2-8-26-16)27-13-14-3-1-4-15(11-14)28(23,24)20-6-9-25-10-7-20/h1-5,8,11H,6-7,9-10,12-13H2,(H,19,22). The lowest BCUT2D eigenvalue weighted by molar-refractivity contribution is -0.143. The van der Waals surface area contributed by atoms with Gasteiger partial charge in [-0.15, -0.1) is 0 Å². The van der Waals surface area contributed by atoms with E-state index in [1.165, 1.54) is 28.8 Å². The zero-order valence-corrected chi connectivity index (χ0v) is 15.8. The molecule has 0 saturated carbocycles. The van der Waals surface area contributed by atoms with Gasteiger partial charge in [0.25, 0.3) is 5.91 Å². The average Bonchev–Trinajstić information content (AvgIpc) is 3.26. The average molecular weight is 408 g/mol. The van der Waals surface area contributed by atoms with Crippen LogP contribution < -0.4 is 5.32 Å². The summed E-state index contributed by atoms with van der Waals surface area (Å²) in [6.45, 7) is 0.890. The van der Waals surface area contributed by atoms with E-state index in [0.717, 1.165) is 0 Å². The maximum Gasteiger partial charge on any atom is 0.325 e. The van der Waals surface area contributed by atoms with Gasteiger partial charge in [-0.25, -0.2) is 8.42 Å². The minimum absolute atomic E-state index is 0.0915. The van der Waals surface area contributed by atoms with Crippen molar-refractivity contribution in [3.05, 3.63) is 54.0 Å². The van der Waals surface area contributed by atoms with Crippen molar-refractivity contribution in [3.8, 4) is 0 Å². The van der Waals surface area contributed by atoms with Gasteiger partial charge in [-0.2, -0.15) is 4.31 Å². The van der Waals surface area contributed by atoms with E-state index in [1.54, 1.807) is 18.2 Å². The van der Waals surface area contributed by atoms with E-state index < -0.39 is 21.9 Å². The molecule has 1 amide bonds. The molecular weight excluding hydrogens is 388 g/mol. The van der Waals surface area contributed by atoms with Gasteiger partial charge in [0.2, 0.25) is 10.0 Å². The number of morpholine rings is 1. The first-order valence-corrected chi connectivity index (χ1v) is 10.0. The summed E-state index contributed by atoms with van der Waals surface area (Å²) in [5, 5.41) is 2.38. The van der Waals surface area contributed by atoms with Crippen molar-refractivity contribution in [2.75, 3.05) is 32.8 Å². The van der Waals surface area contributed by atoms with E-state index in [9.17, 15) is 18.0 Å². The number of ether oxygens (including phenoxy) is 2. The van der Waals surface area contributed by atoms with Crippen LogP contribution in [0.1, 0.15) is 16.1 Å². The minimum Gasteiger partial charge on any atom is -0.460 e. The number of rotatable bonds is 7. The van der Waals surface area contributed by atoms with Crippen molar-refractivity contribution < 1.29 is 31.9 Å². The summed E-state index contributed by atoms with van der Waals surface area (Å²) in [5.74, 6) is -1.09. The summed E-state index contributed by atoms with van der Waals surface area (Å²) in [7, 11) is -3.62. The third kappa shape index (κ3) is 4.97. The van der Waals surface area contributed by atoms with Crippen LogP contribution in [0.2, 0.25) is 0 Å². The number of carbonyl (C=O) groups is 2. The van der Waals surface area contributed by atoms with Crippen molar-refractivity contribution in [1.29, 1.82) is 0 Å². The highest BCUT2D eigenvalue weighted by Gasteiger charge is 2.26. The Morgan fingerprint density at radius 1 is 1.14 bits per heavy atom. The molecule has 2 aromatic rings.